The van der Waals surface area contributed by atoms with Gasteiger partial charge in [0.15, 0.2) is 0 Å². The van der Waals surface area contributed by atoms with E-state index in [1.54, 1.807) is 0 Å². The number of halogens is 2. The quantitative estimate of drug-likeness (QED) is 0.759. The van der Waals surface area contributed by atoms with Gasteiger partial charge < -0.3 is 10.6 Å². The third kappa shape index (κ3) is 3.76. The second-order valence-electron chi connectivity index (χ2n) is 4.87. The first kappa shape index (κ1) is 16.3. The van der Waals surface area contributed by atoms with Crippen LogP contribution in [-0.2, 0) is 0 Å². The molecule has 0 heterocycles. The third-order valence-corrected chi connectivity index (χ3v) is 4.69. The zero-order chi connectivity index (χ0) is 15.6. The molecule has 0 spiro atoms. The third-order valence-electron chi connectivity index (χ3n) is 3.56. The summed E-state index contributed by atoms with van der Waals surface area (Å²) in [6.07, 6.45) is 0. The molecular weight excluding hydrogens is 368 g/mol. The summed E-state index contributed by atoms with van der Waals surface area (Å²) in [6, 6.07) is 14.1. The Morgan fingerprint density at radius 1 is 1.24 bits per heavy atom. The fraction of sp³-hybridized carbons (Fsp3) is 0.188. The van der Waals surface area contributed by atoms with Crippen molar-refractivity contribution in [1.82, 2.24) is 0 Å². The topological polar surface area (TPSA) is 29.3 Å². The number of benzene rings is 2. The minimum absolute atomic E-state index is 0.227. The molecule has 5 heteroatoms. The van der Waals surface area contributed by atoms with Crippen LogP contribution in [0.15, 0.2) is 46.9 Å². The van der Waals surface area contributed by atoms with Gasteiger partial charge in [0.05, 0.1) is 6.04 Å². The lowest BCUT2D eigenvalue weighted by Gasteiger charge is -2.28. The molecule has 1 atom stereocenters. The zero-order valence-electron chi connectivity index (χ0n) is 11.8. The molecule has 2 aromatic rings. The highest BCUT2D eigenvalue weighted by Crippen LogP contribution is 2.29. The van der Waals surface area contributed by atoms with Crippen LogP contribution in [0.4, 0.5) is 5.69 Å². The van der Waals surface area contributed by atoms with Crippen molar-refractivity contribution >= 4 is 50.4 Å². The van der Waals surface area contributed by atoms with E-state index in [4.69, 9.17) is 29.6 Å². The predicted molar refractivity (Wildman–Crippen MR) is 98.3 cm³/mol. The summed E-state index contributed by atoms with van der Waals surface area (Å²) in [5.74, 6) is 0. The number of hydrogen-bond donors (Lipinski definition) is 1. The molecule has 110 valence electrons. The summed E-state index contributed by atoms with van der Waals surface area (Å²) in [7, 11) is 2.06. The molecule has 0 bridgehead atoms. The first-order valence-corrected chi connectivity index (χ1v) is 8.05. The lowest BCUT2D eigenvalue weighted by molar-refractivity contribution is 0.740. The number of nitrogens with zero attached hydrogens (tertiary/aromatic N) is 1. The SMILES string of the molecule is CC(c1ccc(Cl)cc1)N(C)c1ccc(C(N)=S)c(Br)c1. The van der Waals surface area contributed by atoms with Crippen LogP contribution in [0.25, 0.3) is 0 Å². The Balaban J connectivity index is 2.27. The second kappa shape index (κ2) is 6.77. The van der Waals surface area contributed by atoms with Gasteiger partial charge in [-0.05, 0) is 58.7 Å². The molecule has 0 saturated heterocycles. The van der Waals surface area contributed by atoms with E-state index in [-0.39, 0.29) is 6.04 Å². The molecule has 2 N–H and O–H groups in total. The van der Waals surface area contributed by atoms with Crippen molar-refractivity contribution in [2.75, 3.05) is 11.9 Å². The maximum Gasteiger partial charge on any atom is 0.105 e. The van der Waals surface area contributed by atoms with E-state index in [0.717, 1.165) is 20.7 Å². The Bertz CT molecular complexity index is 658. The van der Waals surface area contributed by atoms with Crippen molar-refractivity contribution in [2.24, 2.45) is 5.73 Å². The summed E-state index contributed by atoms with van der Waals surface area (Å²) in [5, 5.41) is 0.747. The average molecular weight is 384 g/mol. The number of rotatable bonds is 4. The van der Waals surface area contributed by atoms with Crippen LogP contribution in [0.3, 0.4) is 0 Å². The van der Waals surface area contributed by atoms with Crippen molar-refractivity contribution < 1.29 is 0 Å². The van der Waals surface area contributed by atoms with Gasteiger partial charge in [0.25, 0.3) is 0 Å². The van der Waals surface area contributed by atoms with Crippen LogP contribution in [0.5, 0.6) is 0 Å². The van der Waals surface area contributed by atoms with E-state index >= 15 is 0 Å². The standard InChI is InChI=1S/C16H16BrClN2S/c1-10(11-3-5-12(18)6-4-11)20(2)13-7-8-14(16(19)21)15(17)9-13/h3-10H,1-2H3,(H2,19,21). The van der Waals surface area contributed by atoms with Gasteiger partial charge in [-0.25, -0.2) is 0 Å². The smallest absolute Gasteiger partial charge is 0.105 e. The molecule has 0 radical (unpaired) electrons. The number of nitrogens with two attached hydrogens (primary N) is 1. The molecule has 2 nitrogen and oxygen atoms in total. The van der Waals surface area contributed by atoms with Gasteiger partial charge in [-0.3, -0.25) is 0 Å². The van der Waals surface area contributed by atoms with Crippen LogP contribution >= 0.6 is 39.7 Å². The van der Waals surface area contributed by atoms with Gasteiger partial charge in [-0.15, -0.1) is 0 Å². The molecule has 21 heavy (non-hydrogen) atoms. The largest absolute Gasteiger partial charge is 0.389 e. The molecule has 2 aromatic carbocycles. The Labute approximate surface area is 144 Å². The van der Waals surface area contributed by atoms with Crippen molar-refractivity contribution in [2.45, 2.75) is 13.0 Å². The Kier molecular flexibility index (Phi) is 5.25. The predicted octanol–water partition coefficient (Wildman–Crippen LogP) is 4.93. The van der Waals surface area contributed by atoms with Crippen molar-refractivity contribution in [1.29, 1.82) is 0 Å². The van der Waals surface area contributed by atoms with Crippen LogP contribution in [-0.4, -0.2) is 12.0 Å². The second-order valence-corrected chi connectivity index (χ2v) is 6.60. The van der Waals surface area contributed by atoms with E-state index in [0.29, 0.717) is 4.99 Å². The van der Waals surface area contributed by atoms with Gasteiger partial charge in [0.1, 0.15) is 4.99 Å². The van der Waals surface area contributed by atoms with Crippen LogP contribution in [0.1, 0.15) is 24.1 Å². The summed E-state index contributed by atoms with van der Waals surface area (Å²) >= 11 is 14.5. The van der Waals surface area contributed by atoms with Gasteiger partial charge in [-0.2, -0.15) is 0 Å². The lowest BCUT2D eigenvalue weighted by Crippen LogP contribution is -2.22. The minimum Gasteiger partial charge on any atom is -0.389 e. The lowest BCUT2D eigenvalue weighted by atomic mass is 10.1. The maximum atomic E-state index is 5.94. The monoisotopic (exact) mass is 382 g/mol. The summed E-state index contributed by atoms with van der Waals surface area (Å²) in [6.45, 7) is 2.15. The molecular formula is C16H16BrClN2S. The maximum absolute atomic E-state index is 5.94. The Morgan fingerprint density at radius 3 is 2.38 bits per heavy atom. The normalized spacial score (nSPS) is 12.0. The Morgan fingerprint density at radius 2 is 1.86 bits per heavy atom. The van der Waals surface area contributed by atoms with Gasteiger partial charge >= 0.3 is 0 Å². The fourth-order valence-electron chi connectivity index (χ4n) is 2.11. The van der Waals surface area contributed by atoms with E-state index in [1.165, 1.54) is 5.56 Å². The van der Waals surface area contributed by atoms with E-state index in [2.05, 4.69) is 34.8 Å². The molecule has 1 unspecified atom stereocenters. The summed E-state index contributed by atoms with van der Waals surface area (Å²) < 4.78 is 0.905. The zero-order valence-corrected chi connectivity index (χ0v) is 15.0. The van der Waals surface area contributed by atoms with E-state index in [1.807, 2.05) is 42.5 Å². The van der Waals surface area contributed by atoms with Gasteiger partial charge in [0, 0.05) is 27.8 Å². The molecule has 0 fully saturated rings. The number of hydrogen-bond acceptors (Lipinski definition) is 2. The highest BCUT2D eigenvalue weighted by molar-refractivity contribution is 9.10. The highest BCUT2D eigenvalue weighted by atomic mass is 79.9. The van der Waals surface area contributed by atoms with Crippen molar-refractivity contribution in [3.63, 3.8) is 0 Å². The fourth-order valence-corrected chi connectivity index (χ4v) is 3.13. The first-order valence-electron chi connectivity index (χ1n) is 6.48. The van der Waals surface area contributed by atoms with Crippen molar-refractivity contribution in [3.05, 3.63) is 63.1 Å². The molecule has 0 amide bonds. The molecule has 0 aliphatic carbocycles. The molecule has 0 aromatic heterocycles. The number of thiocarbonyl (C=S) groups is 1. The first-order chi connectivity index (χ1) is 9.90. The van der Waals surface area contributed by atoms with E-state index < -0.39 is 0 Å². The van der Waals surface area contributed by atoms with E-state index in [9.17, 15) is 0 Å². The molecule has 0 aliphatic heterocycles. The number of anilines is 1. The van der Waals surface area contributed by atoms with Crippen LogP contribution in [0.2, 0.25) is 5.02 Å². The highest BCUT2D eigenvalue weighted by Gasteiger charge is 2.14. The summed E-state index contributed by atoms with van der Waals surface area (Å²) in [5.41, 5.74) is 8.82. The molecule has 0 saturated carbocycles. The average Bonchev–Trinajstić information content (AvgIpc) is 2.46. The molecule has 0 aliphatic rings. The molecule has 2 rings (SSSR count). The van der Waals surface area contributed by atoms with Crippen LogP contribution < -0.4 is 10.6 Å². The minimum atomic E-state index is 0.227. The van der Waals surface area contributed by atoms with Crippen LogP contribution in [0, 0.1) is 0 Å². The summed E-state index contributed by atoms with van der Waals surface area (Å²) in [4.78, 5) is 2.58. The van der Waals surface area contributed by atoms with Crippen molar-refractivity contribution in [3.8, 4) is 0 Å². The Hall–Kier alpha value is -1.10. The van der Waals surface area contributed by atoms with Gasteiger partial charge in [0.2, 0.25) is 0 Å². The van der Waals surface area contributed by atoms with Gasteiger partial charge in [-0.1, -0.05) is 36.0 Å².